The Morgan fingerprint density at radius 2 is 1.95 bits per heavy atom. The van der Waals surface area contributed by atoms with Gasteiger partial charge in [-0.05, 0) is 31.5 Å². The molecule has 2 aromatic rings. The van der Waals surface area contributed by atoms with E-state index in [9.17, 15) is 18.0 Å². The molecule has 7 heteroatoms. The van der Waals surface area contributed by atoms with Gasteiger partial charge in [-0.2, -0.15) is 13.2 Å². The van der Waals surface area contributed by atoms with E-state index >= 15 is 0 Å². The molecule has 0 radical (unpaired) electrons. The predicted octanol–water partition coefficient (Wildman–Crippen LogP) is 2.81. The van der Waals surface area contributed by atoms with Gasteiger partial charge in [0.15, 0.2) is 0 Å². The van der Waals surface area contributed by atoms with Crippen LogP contribution in [-0.4, -0.2) is 15.9 Å². The lowest BCUT2D eigenvalue weighted by Gasteiger charge is -2.14. The first-order valence-electron chi connectivity index (χ1n) is 5.62. The number of anilines is 1. The smallest absolute Gasteiger partial charge is 0.334 e. The van der Waals surface area contributed by atoms with Crippen molar-refractivity contribution in [3.8, 4) is 0 Å². The first kappa shape index (κ1) is 12.0. The summed E-state index contributed by atoms with van der Waals surface area (Å²) < 4.78 is 37.7. The number of rotatable bonds is 0. The molecule has 0 saturated heterocycles. The van der Waals surface area contributed by atoms with Gasteiger partial charge in [-0.15, -0.1) is 0 Å². The lowest BCUT2D eigenvalue weighted by atomic mass is 9.86. The Hall–Kier alpha value is -2.05. The Kier molecular flexibility index (Phi) is 2.08. The summed E-state index contributed by atoms with van der Waals surface area (Å²) in [7, 11) is 0. The molecule has 0 atom stereocenters. The number of nitrogens with one attached hydrogen (secondary N) is 2. The maximum absolute atomic E-state index is 12.6. The van der Waals surface area contributed by atoms with Crippen LogP contribution in [0.15, 0.2) is 12.1 Å². The number of benzene rings is 1. The maximum Gasteiger partial charge on any atom is 0.449 e. The molecule has 1 aromatic carbocycles. The highest BCUT2D eigenvalue weighted by molar-refractivity contribution is 6.07. The predicted molar refractivity (Wildman–Crippen MR) is 62.8 cm³/mol. The van der Waals surface area contributed by atoms with Crippen LogP contribution in [0, 0.1) is 0 Å². The van der Waals surface area contributed by atoms with Crippen molar-refractivity contribution in [2.45, 2.75) is 25.4 Å². The third-order valence-electron chi connectivity index (χ3n) is 3.38. The van der Waals surface area contributed by atoms with Gasteiger partial charge in [0.25, 0.3) is 0 Å². The number of aromatic amines is 1. The monoisotopic (exact) mass is 269 g/mol. The molecule has 4 nitrogen and oxygen atoms in total. The fourth-order valence-electron chi connectivity index (χ4n) is 2.21. The number of hydrogen-bond donors (Lipinski definition) is 2. The number of aromatic nitrogens is 2. The minimum Gasteiger partial charge on any atom is -0.334 e. The van der Waals surface area contributed by atoms with Crippen LogP contribution >= 0.6 is 0 Å². The maximum atomic E-state index is 12.6. The zero-order valence-electron chi connectivity index (χ0n) is 10.1. The number of halogens is 3. The number of H-pyrrole nitrogens is 1. The Morgan fingerprint density at radius 1 is 1.26 bits per heavy atom. The number of fused-ring (bicyclic) bond motifs is 2. The second kappa shape index (κ2) is 3.28. The van der Waals surface area contributed by atoms with Gasteiger partial charge < -0.3 is 10.3 Å². The van der Waals surface area contributed by atoms with E-state index in [1.54, 1.807) is 13.8 Å². The molecule has 1 aliphatic heterocycles. The molecule has 0 spiro atoms. The summed E-state index contributed by atoms with van der Waals surface area (Å²) in [5.74, 6) is -1.21. The van der Waals surface area contributed by atoms with E-state index in [-0.39, 0.29) is 16.9 Å². The van der Waals surface area contributed by atoms with E-state index in [4.69, 9.17) is 0 Å². The highest BCUT2D eigenvalue weighted by Crippen LogP contribution is 2.40. The standard InChI is InChI=1S/C12H10F3N3O/c1-11(2)5-3-7-8(4-6(5)18-10(11)19)17-9(16-7)12(13,14)15/h3-4H,1-2H3,(H,16,17)(H,18,19). The zero-order chi connectivity index (χ0) is 14.0. The normalized spacial score (nSPS) is 17.6. The first-order chi connectivity index (χ1) is 8.69. The minimum atomic E-state index is -4.51. The number of carbonyl (C=O) groups is 1. The molecule has 0 saturated carbocycles. The summed E-state index contributed by atoms with van der Waals surface area (Å²) >= 11 is 0. The van der Waals surface area contributed by atoms with Crippen molar-refractivity contribution in [2.75, 3.05) is 5.32 Å². The van der Waals surface area contributed by atoms with Crippen LogP contribution < -0.4 is 5.32 Å². The average molecular weight is 269 g/mol. The van der Waals surface area contributed by atoms with Gasteiger partial charge in [0.2, 0.25) is 11.7 Å². The van der Waals surface area contributed by atoms with Crippen molar-refractivity contribution < 1.29 is 18.0 Å². The molecule has 0 fully saturated rings. The van der Waals surface area contributed by atoms with Crippen LogP contribution in [0.25, 0.3) is 11.0 Å². The summed E-state index contributed by atoms with van der Waals surface area (Å²) in [5.41, 5.74) is 0.880. The van der Waals surface area contributed by atoms with E-state index < -0.39 is 17.4 Å². The third-order valence-corrected chi connectivity index (χ3v) is 3.38. The fourth-order valence-corrected chi connectivity index (χ4v) is 2.21. The number of imidazole rings is 1. The number of amides is 1. The topological polar surface area (TPSA) is 57.8 Å². The van der Waals surface area contributed by atoms with Crippen LogP contribution in [0.1, 0.15) is 25.2 Å². The summed E-state index contributed by atoms with van der Waals surface area (Å²) in [6.07, 6.45) is -4.51. The van der Waals surface area contributed by atoms with Crippen LogP contribution in [0.2, 0.25) is 0 Å². The Labute approximate surface area is 106 Å². The van der Waals surface area contributed by atoms with Crippen LogP contribution in [0.4, 0.5) is 18.9 Å². The van der Waals surface area contributed by atoms with E-state index in [1.165, 1.54) is 12.1 Å². The van der Waals surface area contributed by atoms with Gasteiger partial charge >= 0.3 is 6.18 Å². The van der Waals surface area contributed by atoms with Crippen LogP contribution in [0.3, 0.4) is 0 Å². The first-order valence-corrected chi connectivity index (χ1v) is 5.62. The second-order valence-corrected chi connectivity index (χ2v) is 5.08. The molecule has 19 heavy (non-hydrogen) atoms. The molecule has 1 aliphatic rings. The lowest BCUT2D eigenvalue weighted by Crippen LogP contribution is -2.26. The van der Waals surface area contributed by atoms with E-state index in [2.05, 4.69) is 15.3 Å². The van der Waals surface area contributed by atoms with Gasteiger partial charge in [0.1, 0.15) is 0 Å². The van der Waals surface area contributed by atoms with E-state index in [1.807, 2.05) is 0 Å². The second-order valence-electron chi connectivity index (χ2n) is 5.08. The summed E-state index contributed by atoms with van der Waals surface area (Å²) in [4.78, 5) is 17.5. The molecule has 3 rings (SSSR count). The molecule has 1 aromatic heterocycles. The summed E-state index contributed by atoms with van der Waals surface area (Å²) in [5, 5.41) is 2.66. The SMILES string of the molecule is CC1(C)C(=O)Nc2cc3[nH]c(C(F)(F)F)nc3cc21. The zero-order valence-corrected chi connectivity index (χ0v) is 10.1. The van der Waals surface area contributed by atoms with Gasteiger partial charge in [0, 0.05) is 5.69 Å². The molecule has 100 valence electrons. The highest BCUT2D eigenvalue weighted by Gasteiger charge is 2.40. The molecule has 2 N–H and O–H groups in total. The minimum absolute atomic E-state index is 0.175. The molecule has 0 bridgehead atoms. The number of nitrogens with zero attached hydrogens (tertiary/aromatic N) is 1. The summed E-state index contributed by atoms with van der Waals surface area (Å²) in [6.45, 7) is 3.44. The largest absolute Gasteiger partial charge is 0.449 e. The van der Waals surface area contributed by atoms with Crippen molar-refractivity contribution >= 4 is 22.6 Å². The molecule has 2 heterocycles. The van der Waals surface area contributed by atoms with Crippen molar-refractivity contribution in [2.24, 2.45) is 0 Å². The Morgan fingerprint density at radius 3 is 2.58 bits per heavy atom. The molecule has 1 amide bonds. The number of alkyl halides is 3. The van der Waals surface area contributed by atoms with Gasteiger partial charge in [-0.25, -0.2) is 4.98 Å². The molecular weight excluding hydrogens is 259 g/mol. The Balaban J connectivity index is 2.22. The van der Waals surface area contributed by atoms with Crippen molar-refractivity contribution in [1.29, 1.82) is 0 Å². The molecular formula is C12H10F3N3O. The van der Waals surface area contributed by atoms with Crippen molar-refractivity contribution in [3.63, 3.8) is 0 Å². The van der Waals surface area contributed by atoms with Crippen molar-refractivity contribution in [1.82, 2.24) is 9.97 Å². The fraction of sp³-hybridized carbons (Fsp3) is 0.333. The van der Waals surface area contributed by atoms with Crippen LogP contribution in [-0.2, 0) is 16.4 Å². The van der Waals surface area contributed by atoms with Crippen LogP contribution in [0.5, 0.6) is 0 Å². The summed E-state index contributed by atoms with van der Waals surface area (Å²) in [6, 6.07) is 3.01. The van der Waals surface area contributed by atoms with Gasteiger partial charge in [0.05, 0.1) is 16.4 Å². The van der Waals surface area contributed by atoms with E-state index in [0.717, 1.165) is 0 Å². The van der Waals surface area contributed by atoms with Crippen molar-refractivity contribution in [3.05, 3.63) is 23.5 Å². The Bertz CT molecular complexity index is 700. The molecule has 0 aliphatic carbocycles. The highest BCUT2D eigenvalue weighted by atomic mass is 19.4. The lowest BCUT2D eigenvalue weighted by molar-refractivity contribution is -0.144. The van der Waals surface area contributed by atoms with Gasteiger partial charge in [-0.3, -0.25) is 4.79 Å². The van der Waals surface area contributed by atoms with E-state index in [0.29, 0.717) is 11.3 Å². The third kappa shape index (κ3) is 1.61. The number of hydrogen-bond acceptors (Lipinski definition) is 2. The number of carbonyl (C=O) groups excluding carboxylic acids is 1. The molecule has 0 unspecified atom stereocenters. The quantitative estimate of drug-likeness (QED) is 0.772. The van der Waals surface area contributed by atoms with Gasteiger partial charge in [-0.1, -0.05) is 0 Å². The average Bonchev–Trinajstić information content (AvgIpc) is 2.77.